The van der Waals surface area contributed by atoms with E-state index < -0.39 is 34.2 Å². The molecule has 11 nitrogen and oxygen atoms in total. The fourth-order valence-electron chi connectivity index (χ4n) is 5.03. The lowest BCUT2D eigenvalue weighted by molar-refractivity contribution is -0.124. The van der Waals surface area contributed by atoms with E-state index in [-0.39, 0.29) is 36.2 Å². The average molecular weight is 622 g/mol. The maximum Gasteiger partial charge on any atom is 0.409 e. The predicted molar refractivity (Wildman–Crippen MR) is 155 cm³/mol. The molecule has 2 saturated heterocycles. The average Bonchev–Trinajstić information content (AvgIpc) is 3.00. The maximum absolute atomic E-state index is 13.8. The van der Waals surface area contributed by atoms with Gasteiger partial charge in [0, 0.05) is 52.4 Å². The third kappa shape index (κ3) is 9.62. The summed E-state index contributed by atoms with van der Waals surface area (Å²) in [4.78, 5) is 26.3. The van der Waals surface area contributed by atoms with E-state index >= 15 is 0 Å². The Balaban J connectivity index is 1.44. The molecule has 0 aliphatic carbocycles. The van der Waals surface area contributed by atoms with Gasteiger partial charge in [-0.15, -0.1) is 0 Å². The van der Waals surface area contributed by atoms with Crippen LogP contribution in [0.25, 0.3) is 0 Å². The Bertz CT molecular complexity index is 1300. The second-order valence-electron chi connectivity index (χ2n) is 10.6. The summed E-state index contributed by atoms with van der Waals surface area (Å²) < 4.78 is 63.2. The summed E-state index contributed by atoms with van der Waals surface area (Å²) in [7, 11) is -2.50. The molecular weight excluding hydrogens is 581 g/mol. The first-order valence-electron chi connectivity index (χ1n) is 14.6. The van der Waals surface area contributed by atoms with E-state index in [0.29, 0.717) is 57.9 Å². The van der Waals surface area contributed by atoms with E-state index in [1.807, 2.05) is 12.1 Å². The number of hydrogen-bond acceptors (Lipinski definition) is 8. The Kier molecular flexibility index (Phi) is 12.1. The monoisotopic (exact) mass is 621 g/mol. The lowest BCUT2D eigenvalue weighted by Crippen LogP contribution is -2.53. The van der Waals surface area contributed by atoms with Gasteiger partial charge < -0.3 is 29.6 Å². The molecule has 236 valence electrons. The molecular formula is C30H40FN3O8S. The Morgan fingerprint density at radius 2 is 1.84 bits per heavy atom. The molecule has 2 aliphatic rings. The van der Waals surface area contributed by atoms with Crippen LogP contribution in [0.2, 0.25) is 0 Å². The summed E-state index contributed by atoms with van der Waals surface area (Å²) in [6.07, 6.45) is 1.70. The van der Waals surface area contributed by atoms with Crippen LogP contribution in [0.15, 0.2) is 53.4 Å². The highest BCUT2D eigenvalue weighted by atomic mass is 32.2. The number of sulfonamides is 1. The molecule has 2 aromatic rings. The van der Waals surface area contributed by atoms with Gasteiger partial charge in [0.1, 0.15) is 17.6 Å². The number of amides is 2. The zero-order valence-electron chi connectivity index (χ0n) is 24.3. The molecule has 2 amide bonds. The number of benzene rings is 2. The van der Waals surface area contributed by atoms with Crippen molar-refractivity contribution in [3.05, 3.63) is 59.9 Å². The second-order valence-corrected chi connectivity index (χ2v) is 12.5. The number of halogens is 1. The van der Waals surface area contributed by atoms with Crippen molar-refractivity contribution in [1.82, 2.24) is 14.9 Å². The van der Waals surface area contributed by atoms with Crippen molar-refractivity contribution >= 4 is 22.0 Å². The van der Waals surface area contributed by atoms with E-state index in [1.54, 1.807) is 19.2 Å². The number of ether oxygens (including phenoxy) is 4. The molecule has 2 heterocycles. The first-order chi connectivity index (χ1) is 20.8. The number of piperidine rings is 1. The Hall–Kier alpha value is -3.26. The Labute approximate surface area is 252 Å². The molecule has 2 aromatic carbocycles. The van der Waals surface area contributed by atoms with Gasteiger partial charge in [0.25, 0.3) is 0 Å². The van der Waals surface area contributed by atoms with Crippen LogP contribution < -0.4 is 15.4 Å². The number of hydrogen-bond donors (Lipinski definition) is 2. The molecule has 0 bridgehead atoms. The molecule has 2 atom stereocenters. The molecule has 43 heavy (non-hydrogen) atoms. The van der Waals surface area contributed by atoms with Gasteiger partial charge in [0.05, 0.1) is 11.5 Å². The first kappa shape index (κ1) is 32.6. The smallest absolute Gasteiger partial charge is 0.409 e. The third-order valence-corrected chi connectivity index (χ3v) is 9.23. The number of alkyl carbamates (subject to hydrolysis) is 1. The summed E-state index contributed by atoms with van der Waals surface area (Å²) >= 11 is 0. The van der Waals surface area contributed by atoms with Crippen LogP contribution >= 0.6 is 0 Å². The number of carbonyl (C=O) groups excluding carboxylic acids is 2. The van der Waals surface area contributed by atoms with E-state index in [0.717, 1.165) is 28.4 Å². The molecule has 0 unspecified atom stereocenters. The van der Waals surface area contributed by atoms with Gasteiger partial charge in [0.2, 0.25) is 15.9 Å². The standard InChI is InChI=1S/C30H40FN3O8S/c1-39-16-5-17-41-25-11-9-22(10-12-25)20-27(29(35)32-24-13-18-40-19-14-24)33-30(36)42-28-8-2-3-15-34(28)43(37,38)26-7-4-6-23(31)21-26/h4,6-7,9-12,21,24,27-28H,2-3,5,8,13-20H2,1H3,(H,32,35)(H,33,36)/t27-,28-/m0/s1. The molecule has 4 rings (SSSR count). The Morgan fingerprint density at radius 3 is 2.56 bits per heavy atom. The van der Waals surface area contributed by atoms with Crippen molar-refractivity contribution in [3.63, 3.8) is 0 Å². The fourth-order valence-corrected chi connectivity index (χ4v) is 6.64. The number of nitrogens with zero attached hydrogens (tertiary/aromatic N) is 1. The summed E-state index contributed by atoms with van der Waals surface area (Å²) in [6, 6.07) is 10.9. The zero-order valence-corrected chi connectivity index (χ0v) is 25.2. The van der Waals surface area contributed by atoms with Gasteiger partial charge in [-0.3, -0.25) is 4.79 Å². The quantitative estimate of drug-likeness (QED) is 0.326. The lowest BCUT2D eigenvalue weighted by atomic mass is 10.0. The minimum absolute atomic E-state index is 0.0882. The molecule has 0 saturated carbocycles. The van der Waals surface area contributed by atoms with Crippen molar-refractivity contribution in [2.75, 3.05) is 40.1 Å². The summed E-state index contributed by atoms with van der Waals surface area (Å²) in [5.41, 5.74) is 0.782. The van der Waals surface area contributed by atoms with Gasteiger partial charge in [0.15, 0.2) is 6.23 Å². The number of carbonyl (C=O) groups is 2. The largest absolute Gasteiger partial charge is 0.494 e. The molecule has 2 aliphatic heterocycles. The van der Waals surface area contributed by atoms with Crippen LogP contribution in [-0.2, 0) is 35.4 Å². The van der Waals surface area contributed by atoms with Gasteiger partial charge in [-0.25, -0.2) is 17.6 Å². The third-order valence-electron chi connectivity index (χ3n) is 7.35. The minimum Gasteiger partial charge on any atom is -0.494 e. The van der Waals surface area contributed by atoms with E-state index in [4.69, 9.17) is 18.9 Å². The van der Waals surface area contributed by atoms with Crippen LogP contribution in [-0.4, -0.2) is 83.1 Å². The summed E-state index contributed by atoms with van der Waals surface area (Å²) in [5, 5.41) is 5.65. The number of methoxy groups -OCH3 is 1. The zero-order chi connectivity index (χ0) is 30.7. The molecule has 0 aromatic heterocycles. The minimum atomic E-state index is -4.13. The van der Waals surface area contributed by atoms with Crippen LogP contribution in [0, 0.1) is 5.82 Å². The van der Waals surface area contributed by atoms with Crippen molar-refractivity contribution in [1.29, 1.82) is 0 Å². The molecule has 13 heteroatoms. The molecule has 2 N–H and O–H groups in total. The molecule has 0 spiro atoms. The number of rotatable bonds is 13. The van der Waals surface area contributed by atoms with Crippen LogP contribution in [0.3, 0.4) is 0 Å². The molecule has 0 radical (unpaired) electrons. The highest BCUT2D eigenvalue weighted by molar-refractivity contribution is 7.89. The van der Waals surface area contributed by atoms with Crippen LogP contribution in [0.1, 0.15) is 44.1 Å². The molecule has 2 fully saturated rings. The van der Waals surface area contributed by atoms with Crippen LogP contribution in [0.5, 0.6) is 5.75 Å². The highest BCUT2D eigenvalue weighted by Crippen LogP contribution is 2.26. The van der Waals surface area contributed by atoms with Crippen molar-refractivity contribution < 1.29 is 41.3 Å². The topological polar surface area (TPSA) is 132 Å². The fraction of sp³-hybridized carbons (Fsp3) is 0.533. The van der Waals surface area contributed by atoms with Crippen LogP contribution in [0.4, 0.5) is 9.18 Å². The van der Waals surface area contributed by atoms with Crippen molar-refractivity contribution in [2.45, 2.75) is 68.2 Å². The van der Waals surface area contributed by atoms with Gasteiger partial charge in [-0.05, 0) is 68.0 Å². The van der Waals surface area contributed by atoms with Gasteiger partial charge >= 0.3 is 6.09 Å². The van der Waals surface area contributed by atoms with Gasteiger partial charge in [-0.2, -0.15) is 4.31 Å². The van der Waals surface area contributed by atoms with E-state index in [1.165, 1.54) is 12.1 Å². The van der Waals surface area contributed by atoms with E-state index in [9.17, 15) is 22.4 Å². The number of nitrogens with one attached hydrogen (secondary N) is 2. The van der Waals surface area contributed by atoms with Crippen molar-refractivity contribution in [2.24, 2.45) is 0 Å². The Morgan fingerprint density at radius 1 is 1.07 bits per heavy atom. The SMILES string of the molecule is COCCCOc1ccc(C[C@H](NC(=O)O[C@H]2CCCCN2S(=O)(=O)c2cccc(F)c2)C(=O)NC2CCOCC2)cc1. The predicted octanol–water partition coefficient (Wildman–Crippen LogP) is 3.37. The maximum atomic E-state index is 13.8. The summed E-state index contributed by atoms with van der Waals surface area (Å²) in [5.74, 6) is -0.388. The lowest BCUT2D eigenvalue weighted by Gasteiger charge is -2.34. The van der Waals surface area contributed by atoms with Crippen molar-refractivity contribution in [3.8, 4) is 5.75 Å². The second kappa shape index (κ2) is 16.0. The first-order valence-corrected chi connectivity index (χ1v) is 16.0. The van der Waals surface area contributed by atoms with E-state index in [2.05, 4.69) is 10.6 Å². The highest BCUT2D eigenvalue weighted by Gasteiger charge is 2.37. The van der Waals surface area contributed by atoms with Gasteiger partial charge in [-0.1, -0.05) is 18.2 Å². The summed E-state index contributed by atoms with van der Waals surface area (Å²) in [6.45, 7) is 2.29. The normalized spacial score (nSPS) is 18.9.